The number of hydrogen-bond donors (Lipinski definition) is 2. The number of hydrogen-bond acceptors (Lipinski definition) is 5. The topological polar surface area (TPSA) is 107 Å². The van der Waals surface area contributed by atoms with Gasteiger partial charge in [0, 0.05) is 0 Å². The summed E-state index contributed by atoms with van der Waals surface area (Å²) in [6.07, 6.45) is 0. The van der Waals surface area contributed by atoms with Crippen LogP contribution in [-0.2, 0) is 4.79 Å². The number of methoxy groups -OCH3 is 1. The van der Waals surface area contributed by atoms with E-state index in [0.29, 0.717) is 17.0 Å². The maximum Gasteiger partial charge on any atom is 0.354 e. The fourth-order valence-electron chi connectivity index (χ4n) is 3.00. The molecule has 8 heteroatoms. The van der Waals surface area contributed by atoms with Crippen molar-refractivity contribution in [1.29, 1.82) is 5.41 Å². The van der Waals surface area contributed by atoms with E-state index in [1.54, 1.807) is 48.5 Å². The van der Waals surface area contributed by atoms with Crippen LogP contribution in [0.5, 0.6) is 5.75 Å². The molecule has 134 valence electrons. The fraction of sp³-hybridized carbons (Fsp3) is 0.105. The summed E-state index contributed by atoms with van der Waals surface area (Å²) < 4.78 is 5.32. The Morgan fingerprint density at radius 3 is 2.52 bits per heavy atom. The molecular formula is C19H15N5O3. The van der Waals surface area contributed by atoms with E-state index < -0.39 is 18.0 Å². The van der Waals surface area contributed by atoms with Crippen molar-refractivity contribution >= 4 is 35.0 Å². The summed E-state index contributed by atoms with van der Waals surface area (Å²) in [5.41, 5.74) is 0.995. The molecule has 8 nitrogen and oxygen atoms in total. The van der Waals surface area contributed by atoms with Crippen molar-refractivity contribution in [3.63, 3.8) is 0 Å². The van der Waals surface area contributed by atoms with Gasteiger partial charge in [-0.05, 0) is 24.3 Å². The van der Waals surface area contributed by atoms with Crippen LogP contribution in [0, 0.1) is 5.41 Å². The van der Waals surface area contributed by atoms with E-state index in [0.717, 1.165) is 4.90 Å². The molecule has 2 aliphatic rings. The van der Waals surface area contributed by atoms with E-state index in [4.69, 9.17) is 10.1 Å². The van der Waals surface area contributed by atoms with Crippen LogP contribution in [0.25, 0.3) is 0 Å². The Kier molecular flexibility index (Phi) is 4.00. The van der Waals surface area contributed by atoms with Gasteiger partial charge in [-0.25, -0.2) is 14.7 Å². The predicted octanol–water partition coefficient (Wildman–Crippen LogP) is 2.00. The second kappa shape index (κ2) is 6.49. The van der Waals surface area contributed by atoms with Crippen molar-refractivity contribution in [1.82, 2.24) is 5.32 Å². The van der Waals surface area contributed by atoms with Gasteiger partial charge in [0.1, 0.15) is 23.1 Å². The highest BCUT2D eigenvalue weighted by Gasteiger charge is 2.41. The number of amides is 3. The monoisotopic (exact) mass is 361 g/mol. The van der Waals surface area contributed by atoms with Crippen LogP contribution in [0.1, 0.15) is 5.56 Å². The Morgan fingerprint density at radius 2 is 1.78 bits per heavy atom. The van der Waals surface area contributed by atoms with Crippen molar-refractivity contribution in [2.45, 2.75) is 6.04 Å². The van der Waals surface area contributed by atoms with E-state index in [9.17, 15) is 9.59 Å². The number of amidine groups is 2. The van der Waals surface area contributed by atoms with Crippen LogP contribution in [0.3, 0.4) is 0 Å². The summed E-state index contributed by atoms with van der Waals surface area (Å²) in [6, 6.07) is 14.1. The minimum atomic E-state index is -0.975. The molecule has 0 saturated heterocycles. The van der Waals surface area contributed by atoms with Gasteiger partial charge >= 0.3 is 6.03 Å². The van der Waals surface area contributed by atoms with Crippen LogP contribution in [-0.4, -0.2) is 42.5 Å². The van der Waals surface area contributed by atoms with Crippen molar-refractivity contribution < 1.29 is 14.3 Å². The summed E-state index contributed by atoms with van der Waals surface area (Å²) >= 11 is 0. The van der Waals surface area contributed by atoms with Gasteiger partial charge in [-0.1, -0.05) is 30.3 Å². The number of aliphatic imine (C=N–C) groups is 2. The lowest BCUT2D eigenvalue weighted by Gasteiger charge is -2.32. The van der Waals surface area contributed by atoms with Gasteiger partial charge in [-0.15, -0.1) is 0 Å². The lowest BCUT2D eigenvalue weighted by atomic mass is 10.0. The highest BCUT2D eigenvalue weighted by atomic mass is 16.5. The van der Waals surface area contributed by atoms with E-state index in [2.05, 4.69) is 15.3 Å². The van der Waals surface area contributed by atoms with E-state index in [1.807, 2.05) is 6.07 Å². The molecule has 0 aromatic heterocycles. The maximum atomic E-state index is 12.5. The smallest absolute Gasteiger partial charge is 0.354 e. The quantitative estimate of drug-likeness (QED) is 0.873. The average molecular weight is 361 g/mol. The number of nitrogens with one attached hydrogen (secondary N) is 2. The lowest BCUT2D eigenvalue weighted by molar-refractivity contribution is -0.113. The fourth-order valence-corrected chi connectivity index (χ4v) is 3.00. The van der Waals surface area contributed by atoms with Gasteiger partial charge in [-0.2, -0.15) is 4.99 Å². The summed E-state index contributed by atoms with van der Waals surface area (Å²) in [6.45, 7) is 0. The molecule has 27 heavy (non-hydrogen) atoms. The number of ether oxygens (including phenoxy) is 1. The molecule has 2 aromatic carbocycles. The molecule has 3 amide bonds. The molecular weight excluding hydrogens is 346 g/mol. The van der Waals surface area contributed by atoms with Gasteiger partial charge in [0.05, 0.1) is 18.4 Å². The molecule has 2 N–H and O–H groups in total. The molecule has 0 radical (unpaired) electrons. The third-order valence-electron chi connectivity index (χ3n) is 4.27. The largest absolute Gasteiger partial charge is 0.496 e. The normalized spacial score (nSPS) is 19.1. The number of benzene rings is 2. The van der Waals surface area contributed by atoms with Crippen LogP contribution < -0.4 is 15.0 Å². The molecule has 0 bridgehead atoms. The molecule has 2 aromatic rings. The number of anilines is 1. The van der Waals surface area contributed by atoms with Crippen LogP contribution in [0.15, 0.2) is 64.6 Å². The molecule has 0 saturated carbocycles. The molecule has 1 unspecified atom stereocenters. The standard InChI is InChI=1S/C19H15N5O3/c1-27-13-10-6-5-9-12(13)17-21-14-15(18(25)23-17)22-19(26)24(16(14)20)11-7-3-2-4-8-11/h2-10,14,20H,1H3,(H,21,23,25). The Bertz CT molecular complexity index is 1010. The van der Waals surface area contributed by atoms with Crippen LogP contribution >= 0.6 is 0 Å². The Labute approximate surface area is 154 Å². The first-order valence-electron chi connectivity index (χ1n) is 8.19. The van der Waals surface area contributed by atoms with Gasteiger partial charge in [0.2, 0.25) is 0 Å². The molecule has 2 heterocycles. The summed E-state index contributed by atoms with van der Waals surface area (Å²) in [4.78, 5) is 34.4. The van der Waals surface area contributed by atoms with Crippen molar-refractivity contribution in [3.8, 4) is 5.75 Å². The Balaban J connectivity index is 1.80. The summed E-state index contributed by atoms with van der Waals surface area (Å²) in [7, 11) is 1.52. The SMILES string of the molecule is COc1ccccc1C1=NC2C(=N)N(c3ccccc3)C(=O)N=C2C(=O)N1. The minimum Gasteiger partial charge on any atom is -0.496 e. The van der Waals surface area contributed by atoms with Crippen molar-refractivity contribution in [3.05, 3.63) is 60.2 Å². The molecule has 0 fully saturated rings. The number of fused-ring (bicyclic) bond motifs is 1. The summed E-state index contributed by atoms with van der Waals surface area (Å²) in [5, 5.41) is 11.1. The van der Waals surface area contributed by atoms with E-state index >= 15 is 0 Å². The second-order valence-corrected chi connectivity index (χ2v) is 5.87. The van der Waals surface area contributed by atoms with Gasteiger partial charge in [-0.3, -0.25) is 10.2 Å². The third kappa shape index (κ3) is 2.77. The molecule has 4 rings (SSSR count). The minimum absolute atomic E-state index is 0.0872. The van der Waals surface area contributed by atoms with Crippen LogP contribution in [0.4, 0.5) is 10.5 Å². The average Bonchev–Trinajstić information content (AvgIpc) is 2.69. The van der Waals surface area contributed by atoms with Crippen molar-refractivity contribution in [2.24, 2.45) is 9.98 Å². The van der Waals surface area contributed by atoms with Gasteiger partial charge in [0.25, 0.3) is 5.91 Å². The van der Waals surface area contributed by atoms with Gasteiger partial charge < -0.3 is 10.1 Å². The number of para-hydroxylation sites is 2. The Morgan fingerprint density at radius 1 is 1.07 bits per heavy atom. The van der Waals surface area contributed by atoms with Crippen molar-refractivity contribution in [2.75, 3.05) is 12.0 Å². The predicted molar refractivity (Wildman–Crippen MR) is 101 cm³/mol. The molecule has 0 aliphatic carbocycles. The molecule has 2 aliphatic heterocycles. The first kappa shape index (κ1) is 16.6. The first-order chi connectivity index (χ1) is 13.1. The molecule has 0 spiro atoms. The second-order valence-electron chi connectivity index (χ2n) is 5.87. The highest BCUT2D eigenvalue weighted by Crippen LogP contribution is 2.25. The van der Waals surface area contributed by atoms with E-state index in [1.165, 1.54) is 7.11 Å². The maximum absolute atomic E-state index is 12.5. The van der Waals surface area contributed by atoms with E-state index in [-0.39, 0.29) is 17.4 Å². The number of rotatable bonds is 3. The molecule has 1 atom stereocenters. The van der Waals surface area contributed by atoms with Gasteiger partial charge in [0.15, 0.2) is 6.04 Å². The third-order valence-corrected chi connectivity index (χ3v) is 4.27. The Hall–Kier alpha value is -3.81. The number of carbonyl (C=O) groups is 2. The number of urea groups is 1. The van der Waals surface area contributed by atoms with Crippen LogP contribution in [0.2, 0.25) is 0 Å². The number of nitrogens with zero attached hydrogens (tertiary/aromatic N) is 3. The zero-order valence-electron chi connectivity index (χ0n) is 14.3. The first-order valence-corrected chi connectivity index (χ1v) is 8.19. The highest BCUT2D eigenvalue weighted by molar-refractivity contribution is 6.53. The summed E-state index contributed by atoms with van der Waals surface area (Å²) in [5.74, 6) is 0.129. The number of carbonyl (C=O) groups excluding carboxylic acids is 2. The lowest BCUT2D eigenvalue weighted by Crippen LogP contribution is -2.57. The zero-order valence-corrected chi connectivity index (χ0v) is 14.3. The zero-order chi connectivity index (χ0) is 19.0.